The number of hydrogen-bond acceptors (Lipinski definition) is 5. The molecule has 1 heterocycles. The SMILES string of the molecule is COC(=O)c1ccc(Nc2cc(Cl)ncc2Br)c(OC)c1. The Kier molecular flexibility index (Phi) is 5.03. The third-order valence-electron chi connectivity index (χ3n) is 2.71. The van der Waals surface area contributed by atoms with Gasteiger partial charge in [-0.15, -0.1) is 0 Å². The Bertz CT molecular complexity index is 679. The summed E-state index contributed by atoms with van der Waals surface area (Å²) in [6.45, 7) is 0. The lowest BCUT2D eigenvalue weighted by Crippen LogP contribution is -2.03. The smallest absolute Gasteiger partial charge is 0.337 e. The van der Waals surface area contributed by atoms with Crippen LogP contribution >= 0.6 is 27.5 Å². The largest absolute Gasteiger partial charge is 0.495 e. The van der Waals surface area contributed by atoms with E-state index in [0.29, 0.717) is 22.2 Å². The summed E-state index contributed by atoms with van der Waals surface area (Å²) >= 11 is 9.26. The van der Waals surface area contributed by atoms with Gasteiger partial charge in [0.25, 0.3) is 0 Å². The van der Waals surface area contributed by atoms with Gasteiger partial charge in [-0.2, -0.15) is 0 Å². The first-order chi connectivity index (χ1) is 10.0. The molecule has 0 bridgehead atoms. The Balaban J connectivity index is 2.35. The van der Waals surface area contributed by atoms with Gasteiger partial charge in [-0.1, -0.05) is 11.6 Å². The highest BCUT2D eigenvalue weighted by molar-refractivity contribution is 9.10. The maximum Gasteiger partial charge on any atom is 0.337 e. The summed E-state index contributed by atoms with van der Waals surface area (Å²) in [4.78, 5) is 15.5. The van der Waals surface area contributed by atoms with Gasteiger partial charge in [-0.25, -0.2) is 9.78 Å². The molecular formula is C14H12BrClN2O3. The van der Waals surface area contributed by atoms with Crippen LogP contribution in [-0.2, 0) is 4.74 Å². The third-order valence-corrected chi connectivity index (χ3v) is 3.55. The van der Waals surface area contributed by atoms with Crippen LogP contribution in [0.15, 0.2) is 34.9 Å². The number of esters is 1. The van der Waals surface area contributed by atoms with Gasteiger partial charge in [-0.05, 0) is 34.1 Å². The van der Waals surface area contributed by atoms with Gasteiger partial charge in [0.1, 0.15) is 10.9 Å². The molecule has 0 saturated carbocycles. The zero-order valence-electron chi connectivity index (χ0n) is 11.3. The first-order valence-electron chi connectivity index (χ1n) is 5.89. The number of halogens is 2. The Hall–Kier alpha value is -1.79. The van der Waals surface area contributed by atoms with Gasteiger partial charge in [0.05, 0.1) is 35.6 Å². The van der Waals surface area contributed by atoms with E-state index in [0.717, 1.165) is 10.2 Å². The summed E-state index contributed by atoms with van der Waals surface area (Å²) < 4.78 is 10.7. The van der Waals surface area contributed by atoms with Gasteiger partial charge >= 0.3 is 5.97 Å². The number of nitrogens with one attached hydrogen (secondary N) is 1. The summed E-state index contributed by atoms with van der Waals surface area (Å²) in [6, 6.07) is 6.66. The number of carbonyl (C=O) groups excluding carboxylic acids is 1. The highest BCUT2D eigenvalue weighted by Crippen LogP contribution is 2.32. The predicted molar refractivity (Wildman–Crippen MR) is 84.6 cm³/mol. The Morgan fingerprint density at radius 3 is 2.71 bits per heavy atom. The van der Waals surface area contributed by atoms with Crippen LogP contribution in [0.2, 0.25) is 5.15 Å². The molecule has 0 aliphatic rings. The van der Waals surface area contributed by atoms with E-state index in [4.69, 9.17) is 16.3 Å². The molecule has 110 valence electrons. The Morgan fingerprint density at radius 1 is 1.29 bits per heavy atom. The molecule has 5 nitrogen and oxygen atoms in total. The van der Waals surface area contributed by atoms with Crippen LogP contribution in [0.3, 0.4) is 0 Å². The number of rotatable bonds is 4. The minimum atomic E-state index is -0.423. The molecule has 0 atom stereocenters. The van der Waals surface area contributed by atoms with Crippen molar-refractivity contribution in [2.45, 2.75) is 0 Å². The molecule has 1 aromatic heterocycles. The van der Waals surface area contributed by atoms with Crippen molar-refractivity contribution in [1.82, 2.24) is 4.98 Å². The average Bonchev–Trinajstić information content (AvgIpc) is 2.50. The highest BCUT2D eigenvalue weighted by atomic mass is 79.9. The highest BCUT2D eigenvalue weighted by Gasteiger charge is 2.12. The van der Waals surface area contributed by atoms with Gasteiger partial charge in [-0.3, -0.25) is 0 Å². The second-order valence-electron chi connectivity index (χ2n) is 4.02. The number of hydrogen-bond donors (Lipinski definition) is 1. The summed E-state index contributed by atoms with van der Waals surface area (Å²) in [5.74, 6) is 0.0886. The maximum atomic E-state index is 11.5. The first-order valence-corrected chi connectivity index (χ1v) is 7.06. The second-order valence-corrected chi connectivity index (χ2v) is 5.26. The molecule has 0 aliphatic heterocycles. The molecule has 2 rings (SSSR count). The van der Waals surface area contributed by atoms with Crippen LogP contribution in [0, 0.1) is 0 Å². The predicted octanol–water partition coefficient (Wildman–Crippen LogP) is 4.04. The number of aromatic nitrogens is 1. The topological polar surface area (TPSA) is 60.5 Å². The van der Waals surface area contributed by atoms with Crippen molar-refractivity contribution in [2.75, 3.05) is 19.5 Å². The van der Waals surface area contributed by atoms with E-state index in [1.165, 1.54) is 14.2 Å². The molecule has 0 aliphatic carbocycles. The number of ether oxygens (including phenoxy) is 2. The minimum Gasteiger partial charge on any atom is -0.495 e. The average molecular weight is 372 g/mol. The van der Waals surface area contributed by atoms with E-state index in [2.05, 4.69) is 31.0 Å². The molecule has 0 amide bonds. The number of pyridine rings is 1. The van der Waals surface area contributed by atoms with Crippen molar-refractivity contribution in [1.29, 1.82) is 0 Å². The number of benzene rings is 1. The van der Waals surface area contributed by atoms with Crippen LogP contribution in [0.4, 0.5) is 11.4 Å². The summed E-state index contributed by atoms with van der Waals surface area (Å²) in [5, 5.41) is 3.53. The fraction of sp³-hybridized carbons (Fsp3) is 0.143. The normalized spacial score (nSPS) is 10.1. The van der Waals surface area contributed by atoms with E-state index < -0.39 is 5.97 Å². The van der Waals surface area contributed by atoms with E-state index in [1.807, 2.05) is 0 Å². The van der Waals surface area contributed by atoms with E-state index in [9.17, 15) is 4.79 Å². The molecule has 1 aromatic carbocycles. The van der Waals surface area contributed by atoms with Crippen LogP contribution in [0.25, 0.3) is 0 Å². The van der Waals surface area contributed by atoms with Gasteiger partial charge < -0.3 is 14.8 Å². The lowest BCUT2D eigenvalue weighted by molar-refractivity contribution is 0.0600. The molecule has 0 fully saturated rings. The van der Waals surface area contributed by atoms with Crippen molar-refractivity contribution in [3.8, 4) is 5.75 Å². The molecule has 0 radical (unpaired) electrons. The lowest BCUT2D eigenvalue weighted by Gasteiger charge is -2.13. The molecule has 0 spiro atoms. The lowest BCUT2D eigenvalue weighted by atomic mass is 10.2. The van der Waals surface area contributed by atoms with Crippen molar-refractivity contribution >= 4 is 44.9 Å². The van der Waals surface area contributed by atoms with Crippen molar-refractivity contribution in [2.24, 2.45) is 0 Å². The molecule has 7 heteroatoms. The zero-order chi connectivity index (χ0) is 15.4. The molecule has 0 saturated heterocycles. The quantitative estimate of drug-likeness (QED) is 0.649. The van der Waals surface area contributed by atoms with Crippen LogP contribution in [0.1, 0.15) is 10.4 Å². The van der Waals surface area contributed by atoms with E-state index >= 15 is 0 Å². The zero-order valence-corrected chi connectivity index (χ0v) is 13.7. The van der Waals surface area contributed by atoms with E-state index in [-0.39, 0.29) is 0 Å². The van der Waals surface area contributed by atoms with Crippen LogP contribution < -0.4 is 10.1 Å². The second kappa shape index (κ2) is 6.78. The third kappa shape index (κ3) is 3.65. The molecule has 2 aromatic rings. The van der Waals surface area contributed by atoms with Crippen LogP contribution in [-0.4, -0.2) is 25.2 Å². The standard InChI is InChI=1S/C14H12BrClN2O3/c1-20-12-5-8(14(19)21-2)3-4-10(12)18-11-6-13(16)17-7-9(11)15/h3-7H,1-2H3,(H,17,18). The number of methoxy groups -OCH3 is 2. The van der Waals surface area contributed by atoms with Crippen LogP contribution in [0.5, 0.6) is 5.75 Å². The van der Waals surface area contributed by atoms with Gasteiger partial charge in [0.2, 0.25) is 0 Å². The maximum absolute atomic E-state index is 11.5. The first kappa shape index (κ1) is 15.6. The number of nitrogens with zero attached hydrogens (tertiary/aromatic N) is 1. The molecule has 1 N–H and O–H groups in total. The van der Waals surface area contributed by atoms with Crippen molar-refractivity contribution in [3.63, 3.8) is 0 Å². The van der Waals surface area contributed by atoms with Crippen molar-refractivity contribution < 1.29 is 14.3 Å². The Labute approximate surface area is 135 Å². The fourth-order valence-electron chi connectivity index (χ4n) is 1.69. The molecule has 21 heavy (non-hydrogen) atoms. The Morgan fingerprint density at radius 2 is 2.05 bits per heavy atom. The monoisotopic (exact) mass is 370 g/mol. The van der Waals surface area contributed by atoms with Gasteiger partial charge in [0, 0.05) is 12.3 Å². The number of anilines is 2. The van der Waals surface area contributed by atoms with E-state index in [1.54, 1.807) is 30.5 Å². The summed E-state index contributed by atoms with van der Waals surface area (Å²) in [6.07, 6.45) is 1.60. The van der Waals surface area contributed by atoms with Gasteiger partial charge in [0.15, 0.2) is 0 Å². The molecule has 0 unspecified atom stereocenters. The number of carbonyl (C=O) groups is 1. The van der Waals surface area contributed by atoms with Crippen molar-refractivity contribution in [3.05, 3.63) is 45.7 Å². The minimum absolute atomic E-state index is 0.367. The molecular weight excluding hydrogens is 360 g/mol. The summed E-state index contributed by atoms with van der Waals surface area (Å²) in [7, 11) is 2.85. The fourth-order valence-corrected chi connectivity index (χ4v) is 2.17. The summed E-state index contributed by atoms with van der Waals surface area (Å²) in [5.41, 5.74) is 1.83.